The summed E-state index contributed by atoms with van der Waals surface area (Å²) in [6.07, 6.45) is 3.14. The van der Waals surface area contributed by atoms with Crippen molar-refractivity contribution in [2.75, 3.05) is 6.61 Å². The molecule has 0 fully saturated rings. The van der Waals surface area contributed by atoms with E-state index in [-0.39, 0.29) is 0 Å². The van der Waals surface area contributed by atoms with Gasteiger partial charge in [-0.2, -0.15) is 10.2 Å². The quantitative estimate of drug-likeness (QED) is 0.874. The third-order valence-corrected chi connectivity index (χ3v) is 3.44. The molecule has 0 aliphatic rings. The van der Waals surface area contributed by atoms with Crippen LogP contribution in [0.25, 0.3) is 11.6 Å². The molecule has 0 spiro atoms. The minimum Gasteiger partial charge on any atom is -0.367 e. The van der Waals surface area contributed by atoms with E-state index in [1.165, 1.54) is 0 Å². The molecule has 2 heterocycles. The third kappa shape index (κ3) is 2.45. The fourth-order valence-corrected chi connectivity index (χ4v) is 2.21. The van der Waals surface area contributed by atoms with Gasteiger partial charge in [-0.25, -0.2) is 0 Å². The predicted molar refractivity (Wildman–Crippen MR) is 72.7 cm³/mol. The first-order chi connectivity index (χ1) is 9.69. The second-order valence-corrected chi connectivity index (χ2v) is 4.47. The summed E-state index contributed by atoms with van der Waals surface area (Å²) < 4.78 is 11.1. The molecule has 0 unspecified atom stereocenters. The van der Waals surface area contributed by atoms with E-state index < -0.39 is 5.60 Å². The number of nitriles is 1. The van der Waals surface area contributed by atoms with Gasteiger partial charge in [0.25, 0.3) is 5.89 Å². The van der Waals surface area contributed by atoms with Crippen molar-refractivity contribution in [2.24, 2.45) is 0 Å². The van der Waals surface area contributed by atoms with Crippen molar-refractivity contribution in [3.63, 3.8) is 0 Å². The van der Waals surface area contributed by atoms with Crippen LogP contribution in [0.15, 0.2) is 16.8 Å². The largest absolute Gasteiger partial charge is 0.367 e. The van der Waals surface area contributed by atoms with Crippen molar-refractivity contribution in [2.45, 2.75) is 39.2 Å². The van der Waals surface area contributed by atoms with Crippen LogP contribution >= 0.6 is 0 Å². The summed E-state index contributed by atoms with van der Waals surface area (Å²) >= 11 is 0. The molecule has 0 aliphatic carbocycles. The van der Waals surface area contributed by atoms with E-state index in [1.54, 1.807) is 12.3 Å². The molecule has 0 atom stereocenters. The van der Waals surface area contributed by atoms with Crippen molar-refractivity contribution >= 4 is 0 Å². The Balaban J connectivity index is 2.34. The highest BCUT2D eigenvalue weighted by Gasteiger charge is 2.34. The first-order valence-electron chi connectivity index (χ1n) is 6.76. The summed E-state index contributed by atoms with van der Waals surface area (Å²) in [5.74, 6) is 0.917. The Morgan fingerprint density at radius 2 is 2.15 bits per heavy atom. The summed E-state index contributed by atoms with van der Waals surface area (Å²) in [6, 6.07) is 3.73. The molecule has 6 heteroatoms. The highest BCUT2D eigenvalue weighted by molar-refractivity contribution is 5.51. The van der Waals surface area contributed by atoms with Gasteiger partial charge in [0.1, 0.15) is 17.4 Å². The standard InChI is InChI=1S/C14H18N4O2/c1-4-14(5-2,19-6-3)13-17-12(20-18-13)11-7-10(8-15)9-16-11/h7,9,16H,4-6H2,1-3H3. The summed E-state index contributed by atoms with van der Waals surface area (Å²) in [5, 5.41) is 12.9. The first-order valence-corrected chi connectivity index (χ1v) is 6.76. The van der Waals surface area contributed by atoms with Gasteiger partial charge in [-0.05, 0) is 25.8 Å². The number of H-pyrrole nitrogens is 1. The first kappa shape index (κ1) is 14.3. The van der Waals surface area contributed by atoms with Crippen LogP contribution in [0.4, 0.5) is 0 Å². The van der Waals surface area contributed by atoms with Gasteiger partial charge in [0.05, 0.1) is 5.56 Å². The maximum Gasteiger partial charge on any atom is 0.274 e. The Kier molecular flexibility index (Phi) is 4.20. The van der Waals surface area contributed by atoms with Gasteiger partial charge in [0.2, 0.25) is 5.82 Å². The Morgan fingerprint density at radius 3 is 2.70 bits per heavy atom. The lowest BCUT2D eigenvalue weighted by Gasteiger charge is -2.27. The molecule has 106 valence electrons. The number of nitrogens with one attached hydrogen (secondary N) is 1. The topological polar surface area (TPSA) is 87.7 Å². The molecule has 0 aromatic carbocycles. The maximum atomic E-state index is 8.82. The van der Waals surface area contributed by atoms with E-state index in [1.807, 2.05) is 20.8 Å². The molecule has 0 bridgehead atoms. The number of aromatic amines is 1. The van der Waals surface area contributed by atoms with Gasteiger partial charge < -0.3 is 14.2 Å². The summed E-state index contributed by atoms with van der Waals surface area (Å²) in [5.41, 5.74) is 0.654. The van der Waals surface area contributed by atoms with Gasteiger partial charge in [-0.1, -0.05) is 19.0 Å². The Bertz CT molecular complexity index is 605. The molecule has 0 amide bonds. The smallest absolute Gasteiger partial charge is 0.274 e. The average molecular weight is 274 g/mol. The van der Waals surface area contributed by atoms with Gasteiger partial charge in [-0.15, -0.1) is 0 Å². The molecule has 1 N–H and O–H groups in total. The lowest BCUT2D eigenvalue weighted by molar-refractivity contribution is -0.0583. The third-order valence-electron chi connectivity index (χ3n) is 3.44. The molecule has 2 aromatic rings. The Hall–Kier alpha value is -2.13. The molecule has 2 aromatic heterocycles. The van der Waals surface area contributed by atoms with E-state index in [0.29, 0.717) is 29.6 Å². The SMILES string of the molecule is CCOC(CC)(CC)c1noc(-c2cc(C#N)c[nH]2)n1. The molecule has 0 radical (unpaired) electrons. The van der Waals surface area contributed by atoms with Crippen LogP contribution in [0.3, 0.4) is 0 Å². The fourth-order valence-electron chi connectivity index (χ4n) is 2.21. The van der Waals surface area contributed by atoms with E-state index in [0.717, 1.165) is 12.8 Å². The van der Waals surface area contributed by atoms with Crippen LogP contribution in [0, 0.1) is 11.3 Å². The average Bonchev–Trinajstić information content (AvgIpc) is 3.13. The number of rotatable bonds is 6. The zero-order valence-electron chi connectivity index (χ0n) is 11.9. The normalized spacial score (nSPS) is 11.5. The van der Waals surface area contributed by atoms with Crippen molar-refractivity contribution in [1.29, 1.82) is 5.26 Å². The van der Waals surface area contributed by atoms with Crippen molar-refractivity contribution in [1.82, 2.24) is 15.1 Å². The van der Waals surface area contributed by atoms with E-state index in [4.69, 9.17) is 14.5 Å². The van der Waals surface area contributed by atoms with Gasteiger partial charge in [0.15, 0.2) is 0 Å². The highest BCUT2D eigenvalue weighted by Crippen LogP contribution is 2.32. The van der Waals surface area contributed by atoms with Crippen LogP contribution in [-0.2, 0) is 10.3 Å². The van der Waals surface area contributed by atoms with Gasteiger partial charge in [-0.3, -0.25) is 0 Å². The minimum atomic E-state index is -0.513. The number of nitrogens with zero attached hydrogens (tertiary/aromatic N) is 3. The van der Waals surface area contributed by atoms with E-state index in [9.17, 15) is 0 Å². The van der Waals surface area contributed by atoms with Crippen LogP contribution in [0.1, 0.15) is 45.0 Å². The Morgan fingerprint density at radius 1 is 1.40 bits per heavy atom. The number of ether oxygens (including phenoxy) is 1. The lowest BCUT2D eigenvalue weighted by atomic mass is 9.96. The van der Waals surface area contributed by atoms with Crippen molar-refractivity contribution < 1.29 is 9.26 Å². The zero-order chi connectivity index (χ0) is 14.6. The second kappa shape index (κ2) is 5.88. The van der Waals surface area contributed by atoms with E-state index >= 15 is 0 Å². The predicted octanol–water partition coefficient (Wildman–Crippen LogP) is 2.99. The minimum absolute atomic E-state index is 0.368. The molecule has 0 aliphatic heterocycles. The number of aromatic nitrogens is 3. The maximum absolute atomic E-state index is 8.82. The van der Waals surface area contributed by atoms with Crippen molar-refractivity contribution in [3.8, 4) is 17.7 Å². The van der Waals surface area contributed by atoms with E-state index in [2.05, 4.69) is 21.2 Å². The molecular formula is C14H18N4O2. The van der Waals surface area contributed by atoms with Crippen LogP contribution < -0.4 is 0 Å². The summed E-state index contributed by atoms with van der Waals surface area (Å²) in [4.78, 5) is 7.36. The fraction of sp³-hybridized carbons (Fsp3) is 0.500. The molecule has 20 heavy (non-hydrogen) atoms. The molecule has 6 nitrogen and oxygen atoms in total. The van der Waals surface area contributed by atoms with Gasteiger partial charge in [0, 0.05) is 12.8 Å². The van der Waals surface area contributed by atoms with Crippen LogP contribution in [0.2, 0.25) is 0 Å². The molecule has 2 rings (SSSR count). The summed E-state index contributed by atoms with van der Waals surface area (Å²) in [7, 11) is 0. The number of hydrogen-bond donors (Lipinski definition) is 1. The molecule has 0 saturated carbocycles. The molecular weight excluding hydrogens is 256 g/mol. The summed E-state index contributed by atoms with van der Waals surface area (Å²) in [6.45, 7) is 6.62. The van der Waals surface area contributed by atoms with Crippen molar-refractivity contribution in [3.05, 3.63) is 23.7 Å². The molecule has 0 saturated heterocycles. The monoisotopic (exact) mass is 274 g/mol. The van der Waals surface area contributed by atoms with Crippen LogP contribution in [-0.4, -0.2) is 21.7 Å². The van der Waals surface area contributed by atoms with Gasteiger partial charge >= 0.3 is 0 Å². The highest BCUT2D eigenvalue weighted by atomic mass is 16.5. The van der Waals surface area contributed by atoms with Crippen LogP contribution in [0.5, 0.6) is 0 Å². The Labute approximate surface area is 117 Å². The second-order valence-electron chi connectivity index (χ2n) is 4.47. The number of hydrogen-bond acceptors (Lipinski definition) is 5. The zero-order valence-corrected chi connectivity index (χ0v) is 11.9. The lowest BCUT2D eigenvalue weighted by Crippen LogP contribution is -2.29.